The van der Waals surface area contributed by atoms with Gasteiger partial charge in [0.15, 0.2) is 0 Å². The van der Waals surface area contributed by atoms with E-state index in [2.05, 4.69) is 23.6 Å². The van der Waals surface area contributed by atoms with E-state index < -0.39 is 0 Å². The van der Waals surface area contributed by atoms with Gasteiger partial charge in [0.25, 0.3) is 0 Å². The average molecular weight is 244 g/mol. The molecule has 0 atom stereocenters. The van der Waals surface area contributed by atoms with Gasteiger partial charge in [-0.3, -0.25) is 0 Å². The molecule has 0 saturated carbocycles. The standard InChI is InChI=1S/C12H26N2.C2H6.CH4/c1-3-5-6-7-8-14-11-9-13(4-2)10-12-14;1-2;/h3-12H2,1-2H3;1-2H3;1H4. The highest BCUT2D eigenvalue weighted by Crippen LogP contribution is 2.05. The van der Waals surface area contributed by atoms with Crippen LogP contribution < -0.4 is 0 Å². The zero-order chi connectivity index (χ0) is 12.2. The Kier molecular flexibility index (Phi) is 15.8. The SMILES string of the molecule is C.CC.CCCCCCN1CCN(CC)CC1. The lowest BCUT2D eigenvalue weighted by Crippen LogP contribution is -2.46. The van der Waals surface area contributed by atoms with E-state index in [-0.39, 0.29) is 7.43 Å². The molecule has 17 heavy (non-hydrogen) atoms. The molecule has 0 unspecified atom stereocenters. The van der Waals surface area contributed by atoms with E-state index in [1.807, 2.05) is 13.8 Å². The van der Waals surface area contributed by atoms with Gasteiger partial charge in [-0.1, -0.05) is 54.4 Å². The summed E-state index contributed by atoms with van der Waals surface area (Å²) >= 11 is 0. The van der Waals surface area contributed by atoms with Crippen LogP contribution in [0.15, 0.2) is 0 Å². The lowest BCUT2D eigenvalue weighted by Gasteiger charge is -2.33. The number of rotatable bonds is 6. The first-order chi connectivity index (χ1) is 7.86. The summed E-state index contributed by atoms with van der Waals surface area (Å²) in [5.41, 5.74) is 0. The lowest BCUT2D eigenvalue weighted by atomic mass is 10.2. The maximum absolute atomic E-state index is 2.63. The fourth-order valence-electron chi connectivity index (χ4n) is 2.09. The van der Waals surface area contributed by atoms with Crippen molar-refractivity contribution < 1.29 is 0 Å². The van der Waals surface area contributed by atoms with Crippen LogP contribution in [0.5, 0.6) is 0 Å². The molecule has 0 bridgehead atoms. The molecule has 1 saturated heterocycles. The summed E-state index contributed by atoms with van der Waals surface area (Å²) in [5, 5.41) is 0. The predicted molar refractivity (Wildman–Crippen MR) is 80.8 cm³/mol. The van der Waals surface area contributed by atoms with Crippen molar-refractivity contribution >= 4 is 0 Å². The molecule has 1 heterocycles. The Balaban J connectivity index is 0. The molecule has 0 N–H and O–H groups in total. The summed E-state index contributed by atoms with van der Waals surface area (Å²) in [6, 6.07) is 0. The molecule has 0 aromatic heterocycles. The number of nitrogens with zero attached hydrogens (tertiary/aromatic N) is 2. The minimum absolute atomic E-state index is 0. The molecule has 1 aliphatic heterocycles. The molecular formula is C15H36N2. The van der Waals surface area contributed by atoms with E-state index >= 15 is 0 Å². The molecule has 0 aromatic carbocycles. The van der Waals surface area contributed by atoms with Crippen LogP contribution in [0.1, 0.15) is 60.8 Å². The smallest absolute Gasteiger partial charge is 0.0110 e. The van der Waals surface area contributed by atoms with Crippen molar-refractivity contribution in [3.05, 3.63) is 0 Å². The number of likely N-dealkylation sites (N-methyl/N-ethyl adjacent to an activating group) is 1. The lowest BCUT2D eigenvalue weighted by molar-refractivity contribution is 0.135. The summed E-state index contributed by atoms with van der Waals surface area (Å²) in [4.78, 5) is 5.17. The minimum atomic E-state index is 0. The van der Waals surface area contributed by atoms with Crippen LogP contribution in [0.3, 0.4) is 0 Å². The topological polar surface area (TPSA) is 6.48 Å². The number of unbranched alkanes of at least 4 members (excludes halogenated alkanes) is 3. The highest BCUT2D eigenvalue weighted by Gasteiger charge is 2.14. The summed E-state index contributed by atoms with van der Waals surface area (Å²) in [6.45, 7) is 16.2. The maximum Gasteiger partial charge on any atom is 0.0110 e. The van der Waals surface area contributed by atoms with Gasteiger partial charge in [0.05, 0.1) is 0 Å². The first-order valence-electron chi connectivity index (χ1n) is 7.31. The normalized spacial score (nSPS) is 16.9. The summed E-state index contributed by atoms with van der Waals surface area (Å²) < 4.78 is 0. The molecule has 2 nitrogen and oxygen atoms in total. The summed E-state index contributed by atoms with van der Waals surface area (Å²) in [6.07, 6.45) is 5.59. The number of hydrogen-bond donors (Lipinski definition) is 0. The molecular weight excluding hydrogens is 208 g/mol. The van der Waals surface area contributed by atoms with Crippen molar-refractivity contribution in [2.24, 2.45) is 0 Å². The third-order valence-corrected chi connectivity index (χ3v) is 3.24. The molecule has 0 amide bonds. The molecule has 0 radical (unpaired) electrons. The van der Waals surface area contributed by atoms with E-state index in [1.165, 1.54) is 65.0 Å². The monoisotopic (exact) mass is 244 g/mol. The van der Waals surface area contributed by atoms with Crippen molar-refractivity contribution in [1.29, 1.82) is 0 Å². The van der Waals surface area contributed by atoms with Gasteiger partial charge in [-0.2, -0.15) is 0 Å². The predicted octanol–water partition coefficient (Wildman–Crippen LogP) is 3.87. The first-order valence-corrected chi connectivity index (χ1v) is 7.31. The molecule has 1 aliphatic rings. The minimum Gasteiger partial charge on any atom is -0.301 e. The maximum atomic E-state index is 2.63. The van der Waals surface area contributed by atoms with Crippen LogP contribution in [0, 0.1) is 0 Å². The van der Waals surface area contributed by atoms with E-state index in [4.69, 9.17) is 0 Å². The van der Waals surface area contributed by atoms with Crippen LogP contribution >= 0.6 is 0 Å². The van der Waals surface area contributed by atoms with E-state index in [9.17, 15) is 0 Å². The van der Waals surface area contributed by atoms with Crippen LogP contribution in [0.4, 0.5) is 0 Å². The summed E-state index contributed by atoms with van der Waals surface area (Å²) in [5.74, 6) is 0. The van der Waals surface area contributed by atoms with Gasteiger partial charge in [0.2, 0.25) is 0 Å². The van der Waals surface area contributed by atoms with Crippen LogP contribution in [0.2, 0.25) is 0 Å². The van der Waals surface area contributed by atoms with Gasteiger partial charge in [-0.15, -0.1) is 0 Å². The Morgan fingerprint density at radius 2 is 1.29 bits per heavy atom. The second-order valence-electron chi connectivity index (χ2n) is 4.34. The van der Waals surface area contributed by atoms with Gasteiger partial charge in [-0.05, 0) is 19.5 Å². The van der Waals surface area contributed by atoms with Crippen molar-refractivity contribution in [2.75, 3.05) is 39.3 Å². The Morgan fingerprint density at radius 3 is 1.76 bits per heavy atom. The zero-order valence-corrected chi connectivity index (χ0v) is 12.0. The fourth-order valence-corrected chi connectivity index (χ4v) is 2.09. The highest BCUT2D eigenvalue weighted by atomic mass is 15.3. The molecule has 0 spiro atoms. The highest BCUT2D eigenvalue weighted by molar-refractivity contribution is 4.70. The van der Waals surface area contributed by atoms with E-state index in [0.717, 1.165) is 0 Å². The van der Waals surface area contributed by atoms with Gasteiger partial charge in [0.1, 0.15) is 0 Å². The molecule has 2 heteroatoms. The largest absolute Gasteiger partial charge is 0.301 e. The molecule has 106 valence electrons. The second kappa shape index (κ2) is 14.0. The first kappa shape index (κ1) is 19.3. The molecule has 0 aliphatic carbocycles. The Morgan fingerprint density at radius 1 is 0.765 bits per heavy atom. The van der Waals surface area contributed by atoms with Crippen LogP contribution in [-0.2, 0) is 0 Å². The van der Waals surface area contributed by atoms with Crippen molar-refractivity contribution in [2.45, 2.75) is 60.8 Å². The summed E-state index contributed by atoms with van der Waals surface area (Å²) in [7, 11) is 0. The van der Waals surface area contributed by atoms with Crippen molar-refractivity contribution in [1.82, 2.24) is 9.80 Å². The Hall–Kier alpha value is -0.0800. The fraction of sp³-hybridized carbons (Fsp3) is 1.00. The molecule has 1 fully saturated rings. The Bertz CT molecular complexity index is 129. The third-order valence-electron chi connectivity index (χ3n) is 3.24. The van der Waals surface area contributed by atoms with E-state index in [1.54, 1.807) is 0 Å². The molecule has 1 rings (SSSR count). The van der Waals surface area contributed by atoms with E-state index in [0.29, 0.717) is 0 Å². The van der Waals surface area contributed by atoms with Crippen LogP contribution in [-0.4, -0.2) is 49.1 Å². The second-order valence-corrected chi connectivity index (χ2v) is 4.34. The molecule has 0 aromatic rings. The zero-order valence-electron chi connectivity index (χ0n) is 12.0. The Labute approximate surface area is 110 Å². The third kappa shape index (κ3) is 9.61. The van der Waals surface area contributed by atoms with Crippen molar-refractivity contribution in [3.63, 3.8) is 0 Å². The quantitative estimate of drug-likeness (QED) is 0.655. The number of piperazine rings is 1. The average Bonchev–Trinajstić information content (AvgIpc) is 2.38. The van der Waals surface area contributed by atoms with Gasteiger partial charge < -0.3 is 9.80 Å². The van der Waals surface area contributed by atoms with Crippen molar-refractivity contribution in [3.8, 4) is 0 Å². The number of hydrogen-bond acceptors (Lipinski definition) is 2. The van der Waals surface area contributed by atoms with Gasteiger partial charge in [-0.25, -0.2) is 0 Å². The van der Waals surface area contributed by atoms with Gasteiger partial charge >= 0.3 is 0 Å². The van der Waals surface area contributed by atoms with Crippen LogP contribution in [0.25, 0.3) is 0 Å². The van der Waals surface area contributed by atoms with Gasteiger partial charge in [0, 0.05) is 26.2 Å².